The molecule has 296 valence electrons. The SMILES string of the molecule is CCCCCCCCCc1cc(O)c(S(=O)(=O)O)c(Oc2ccccc2)c1.CCCCCCCCCc1cc([O-])c(S(=O)(=O)[O-])c(Oc2ccccc2)c1.[Ca+2]. The van der Waals surface area contributed by atoms with Gasteiger partial charge < -0.3 is 24.2 Å². The maximum atomic E-state index is 12.2. The molecule has 55 heavy (non-hydrogen) atoms. The average molecular weight is 823 g/mol. The van der Waals surface area contributed by atoms with Crippen LogP contribution in [0.1, 0.15) is 115 Å². The number of unbranched alkanes of at least 4 members (excludes halogenated alkanes) is 12. The molecule has 0 radical (unpaired) electrons. The van der Waals surface area contributed by atoms with E-state index in [0.29, 0.717) is 29.9 Å². The van der Waals surface area contributed by atoms with Gasteiger partial charge in [0, 0.05) is 0 Å². The first-order valence-electron chi connectivity index (χ1n) is 18.9. The quantitative estimate of drug-likeness (QED) is 0.0441. The molecule has 0 aliphatic heterocycles. The van der Waals surface area contributed by atoms with E-state index >= 15 is 0 Å². The molecule has 0 heterocycles. The number of phenolic OH excluding ortho intramolecular Hbond substituents is 1. The van der Waals surface area contributed by atoms with Gasteiger partial charge >= 0.3 is 47.9 Å². The fourth-order valence-corrected chi connectivity index (χ4v) is 7.35. The number of para-hydroxylation sites is 2. The van der Waals surface area contributed by atoms with Crippen LogP contribution in [-0.4, -0.2) is 68.8 Å². The van der Waals surface area contributed by atoms with Crippen molar-refractivity contribution in [2.24, 2.45) is 0 Å². The van der Waals surface area contributed by atoms with E-state index in [4.69, 9.17) is 9.47 Å². The Morgan fingerprint density at radius 2 is 0.945 bits per heavy atom. The van der Waals surface area contributed by atoms with Crippen LogP contribution in [0.5, 0.6) is 34.5 Å². The van der Waals surface area contributed by atoms with Gasteiger partial charge in [-0.1, -0.05) is 139 Å². The average Bonchev–Trinajstić information content (AvgIpc) is 3.10. The van der Waals surface area contributed by atoms with Crippen molar-refractivity contribution in [1.29, 1.82) is 0 Å². The van der Waals surface area contributed by atoms with Gasteiger partial charge in [0.25, 0.3) is 0 Å². The van der Waals surface area contributed by atoms with Crippen molar-refractivity contribution >= 4 is 58.0 Å². The van der Waals surface area contributed by atoms with Gasteiger partial charge in [0.15, 0.2) is 10.6 Å². The summed E-state index contributed by atoms with van der Waals surface area (Å²) in [6.07, 6.45) is 17.5. The summed E-state index contributed by atoms with van der Waals surface area (Å²) in [5.41, 5.74) is 1.46. The van der Waals surface area contributed by atoms with Crippen molar-refractivity contribution in [3.05, 3.63) is 96.1 Å². The van der Waals surface area contributed by atoms with Gasteiger partial charge in [0.05, 0.1) is 4.90 Å². The second kappa shape index (κ2) is 25.4. The number of phenols is 1. The molecule has 0 fully saturated rings. The van der Waals surface area contributed by atoms with E-state index < -0.39 is 41.5 Å². The number of aryl methyl sites for hydroxylation is 2. The van der Waals surface area contributed by atoms with E-state index in [9.17, 15) is 36.2 Å². The zero-order chi connectivity index (χ0) is 39.4. The second-order valence-electron chi connectivity index (χ2n) is 13.4. The Hall–Kier alpha value is -2.84. The molecule has 10 nitrogen and oxygen atoms in total. The molecule has 13 heteroatoms. The first kappa shape index (κ1) is 48.3. The molecule has 0 atom stereocenters. The minimum absolute atomic E-state index is 0. The number of benzene rings is 4. The fourth-order valence-electron chi connectivity index (χ4n) is 6.02. The number of rotatable bonds is 22. The summed E-state index contributed by atoms with van der Waals surface area (Å²) in [4.78, 5) is -1.43. The smallest absolute Gasteiger partial charge is 0.872 e. The third kappa shape index (κ3) is 17.9. The molecule has 4 aromatic carbocycles. The molecule has 0 aromatic heterocycles. The standard InChI is InChI=1S/2C21H28O5S.Ca/c2*1-2-3-4-5-6-7-9-12-17-15-19(22)21(27(23,24)25)20(16-17)26-18-13-10-8-11-14-18;/h2*8,10-11,13-16,22H,2-7,9,12H2,1H3,(H,23,24,25);/q;;+2/p-2. The zero-order valence-electron chi connectivity index (χ0n) is 32.1. The summed E-state index contributed by atoms with van der Waals surface area (Å²) in [6.45, 7) is 4.37. The van der Waals surface area contributed by atoms with Gasteiger partial charge in [0.2, 0.25) is 0 Å². The summed E-state index contributed by atoms with van der Waals surface area (Å²) < 4.78 is 78.6. The Kier molecular flexibility index (Phi) is 22.3. The van der Waals surface area contributed by atoms with Gasteiger partial charge in [0.1, 0.15) is 33.1 Å². The second-order valence-corrected chi connectivity index (χ2v) is 16.0. The molecule has 4 aromatic rings. The van der Waals surface area contributed by atoms with Crippen molar-refractivity contribution in [2.75, 3.05) is 0 Å². The largest absolute Gasteiger partial charge is 2.00 e. The van der Waals surface area contributed by atoms with Crippen LogP contribution < -0.4 is 14.6 Å². The molecule has 0 saturated heterocycles. The summed E-state index contributed by atoms with van der Waals surface area (Å²) in [7, 11) is -9.54. The number of hydrogen-bond donors (Lipinski definition) is 2. The van der Waals surface area contributed by atoms with Crippen molar-refractivity contribution in [3.63, 3.8) is 0 Å². The predicted octanol–water partition coefficient (Wildman–Crippen LogP) is 10.1. The molecule has 0 unspecified atom stereocenters. The normalized spacial score (nSPS) is 11.3. The fraction of sp³-hybridized carbons (Fsp3) is 0.429. The van der Waals surface area contributed by atoms with Crippen LogP contribution in [0.2, 0.25) is 0 Å². The third-order valence-electron chi connectivity index (χ3n) is 8.76. The monoisotopic (exact) mass is 822 g/mol. The van der Waals surface area contributed by atoms with Gasteiger partial charge in [-0.2, -0.15) is 8.42 Å². The Labute approximate surface area is 357 Å². The maximum absolute atomic E-state index is 12.2. The zero-order valence-corrected chi connectivity index (χ0v) is 35.9. The first-order chi connectivity index (χ1) is 25.8. The third-order valence-corrected chi connectivity index (χ3v) is 10.6. The number of ether oxygens (including phenoxy) is 2. The van der Waals surface area contributed by atoms with Crippen LogP contribution in [0.15, 0.2) is 94.7 Å². The molecular formula is C42H54CaO10S2. The summed E-state index contributed by atoms with van der Waals surface area (Å²) in [5, 5.41) is 22.4. The van der Waals surface area contributed by atoms with E-state index in [2.05, 4.69) is 13.8 Å². The Morgan fingerprint density at radius 1 is 0.564 bits per heavy atom. The molecule has 0 aliphatic rings. The molecule has 0 aliphatic carbocycles. The van der Waals surface area contributed by atoms with Gasteiger partial charge in [-0.15, -0.1) is 0 Å². The molecule has 0 spiro atoms. The minimum Gasteiger partial charge on any atom is -0.872 e. The molecule has 2 N–H and O–H groups in total. The van der Waals surface area contributed by atoms with Crippen molar-refractivity contribution in [1.82, 2.24) is 0 Å². The van der Waals surface area contributed by atoms with Gasteiger partial charge in [-0.3, -0.25) is 4.55 Å². The predicted molar refractivity (Wildman–Crippen MR) is 214 cm³/mol. The van der Waals surface area contributed by atoms with Crippen molar-refractivity contribution in [3.8, 4) is 34.5 Å². The van der Waals surface area contributed by atoms with E-state index in [1.807, 2.05) is 6.07 Å². The van der Waals surface area contributed by atoms with Gasteiger partial charge in [-0.25, -0.2) is 8.42 Å². The van der Waals surface area contributed by atoms with Crippen LogP contribution in [0, 0.1) is 0 Å². The Bertz CT molecular complexity index is 1780. The summed E-state index contributed by atoms with van der Waals surface area (Å²) in [5.74, 6) is -0.770. The van der Waals surface area contributed by atoms with Crippen LogP contribution in [-0.2, 0) is 33.1 Å². The molecule has 4 rings (SSSR count). The molecule has 0 amide bonds. The number of aromatic hydroxyl groups is 1. The first-order valence-corrected chi connectivity index (χ1v) is 21.8. The molecule has 0 bridgehead atoms. The minimum atomic E-state index is -4.93. The maximum Gasteiger partial charge on any atom is 2.00 e. The number of hydrogen-bond acceptors (Lipinski definition) is 9. The van der Waals surface area contributed by atoms with Crippen molar-refractivity contribution in [2.45, 2.75) is 126 Å². The van der Waals surface area contributed by atoms with E-state index in [1.54, 1.807) is 60.7 Å². The summed E-state index contributed by atoms with van der Waals surface area (Å²) >= 11 is 0. The summed E-state index contributed by atoms with van der Waals surface area (Å²) in [6, 6.07) is 22.9. The Morgan fingerprint density at radius 3 is 1.35 bits per heavy atom. The van der Waals surface area contributed by atoms with E-state index in [1.165, 1.54) is 76.0 Å². The van der Waals surface area contributed by atoms with Crippen LogP contribution >= 0.6 is 0 Å². The van der Waals surface area contributed by atoms with Crippen LogP contribution in [0.4, 0.5) is 0 Å². The topological polar surface area (TPSA) is 173 Å². The van der Waals surface area contributed by atoms with Gasteiger partial charge in [-0.05, 0) is 79.3 Å². The van der Waals surface area contributed by atoms with Crippen LogP contribution in [0.3, 0.4) is 0 Å². The van der Waals surface area contributed by atoms with E-state index in [-0.39, 0.29) is 49.2 Å². The van der Waals surface area contributed by atoms with E-state index in [0.717, 1.165) is 37.7 Å². The van der Waals surface area contributed by atoms with Crippen LogP contribution in [0.25, 0.3) is 0 Å². The van der Waals surface area contributed by atoms with Crippen molar-refractivity contribution < 1.29 is 45.6 Å². The molecule has 0 saturated carbocycles. The molecular weight excluding hydrogens is 769 g/mol. The Balaban J connectivity index is 0.000000373.